The van der Waals surface area contributed by atoms with Gasteiger partial charge in [0.25, 0.3) is 0 Å². The number of benzene rings is 4. The van der Waals surface area contributed by atoms with E-state index in [0.29, 0.717) is 38.1 Å². The van der Waals surface area contributed by atoms with Gasteiger partial charge in [0.15, 0.2) is 0 Å². The Kier molecular flexibility index (Phi) is 17.3. The molecule has 4 rings (SSSR count). The van der Waals surface area contributed by atoms with Crippen LogP contribution in [0.2, 0.25) is 0 Å². The van der Waals surface area contributed by atoms with E-state index < -0.39 is 11.9 Å². The van der Waals surface area contributed by atoms with E-state index in [2.05, 4.69) is 82.3 Å². The van der Waals surface area contributed by atoms with Crippen LogP contribution in [0.4, 0.5) is 0 Å². The van der Waals surface area contributed by atoms with E-state index in [9.17, 15) is 9.59 Å². The summed E-state index contributed by atoms with van der Waals surface area (Å²) < 4.78 is 17.5. The monoisotopic (exact) mass is 756 g/mol. The molecule has 0 bridgehead atoms. The van der Waals surface area contributed by atoms with Gasteiger partial charge < -0.3 is 14.2 Å². The SMILES string of the molecule is CC(C)Cc1ccc(Sc2ccccc2OCCN(C)CC(=O)OC(=O)CN(CCOc2ccccc2Sc2ccc(CC(C)C)cc2)C(C)C)cc1. The molecule has 0 saturated heterocycles. The molecule has 0 N–H and O–H groups in total. The molecule has 7 nitrogen and oxygen atoms in total. The summed E-state index contributed by atoms with van der Waals surface area (Å²) >= 11 is 3.34. The lowest BCUT2D eigenvalue weighted by molar-refractivity contribution is -0.161. The Balaban J connectivity index is 1.18. The lowest BCUT2D eigenvalue weighted by Crippen LogP contribution is -2.40. The second kappa shape index (κ2) is 21.8. The van der Waals surface area contributed by atoms with Crippen LogP contribution < -0.4 is 9.47 Å². The molecule has 0 spiro atoms. The first-order chi connectivity index (χ1) is 25.4. The number of hydrogen-bond donors (Lipinski definition) is 0. The van der Waals surface area contributed by atoms with Gasteiger partial charge in [0.05, 0.1) is 22.9 Å². The minimum Gasteiger partial charge on any atom is -0.491 e. The van der Waals surface area contributed by atoms with Gasteiger partial charge in [-0.3, -0.25) is 19.4 Å². The molecule has 0 saturated carbocycles. The minimum absolute atomic E-state index is 0.00633. The molecule has 0 fully saturated rings. The molecule has 4 aromatic rings. The minimum atomic E-state index is -0.586. The fourth-order valence-corrected chi connectivity index (χ4v) is 7.45. The van der Waals surface area contributed by atoms with Gasteiger partial charge in [0.2, 0.25) is 0 Å². The maximum absolute atomic E-state index is 12.8. The predicted molar refractivity (Wildman–Crippen MR) is 217 cm³/mol. The zero-order valence-electron chi connectivity index (χ0n) is 32.4. The molecule has 9 heteroatoms. The molecule has 0 amide bonds. The Morgan fingerprint density at radius 3 is 1.47 bits per heavy atom. The maximum atomic E-state index is 12.8. The normalized spacial score (nSPS) is 11.5. The molecule has 284 valence electrons. The van der Waals surface area contributed by atoms with Crippen molar-refractivity contribution < 1.29 is 23.8 Å². The van der Waals surface area contributed by atoms with Crippen LogP contribution in [0.1, 0.15) is 52.7 Å². The highest BCUT2D eigenvalue weighted by Gasteiger charge is 2.19. The first-order valence-electron chi connectivity index (χ1n) is 18.6. The van der Waals surface area contributed by atoms with Gasteiger partial charge in [-0.1, -0.05) is 99.7 Å². The highest BCUT2D eigenvalue weighted by atomic mass is 32.2. The fourth-order valence-electron chi connectivity index (χ4n) is 5.65. The second-order valence-corrected chi connectivity index (χ2v) is 16.7. The molecule has 0 aromatic heterocycles. The Labute approximate surface area is 325 Å². The number of nitrogens with zero attached hydrogens (tertiary/aromatic N) is 2. The van der Waals surface area contributed by atoms with Crippen LogP contribution in [0.15, 0.2) is 117 Å². The summed E-state index contributed by atoms with van der Waals surface area (Å²) in [7, 11) is 1.81. The average molecular weight is 757 g/mol. The second-order valence-electron chi connectivity index (χ2n) is 14.4. The van der Waals surface area contributed by atoms with Crippen LogP contribution in [0.3, 0.4) is 0 Å². The van der Waals surface area contributed by atoms with Crippen molar-refractivity contribution in [3.8, 4) is 11.5 Å². The van der Waals surface area contributed by atoms with Crippen molar-refractivity contribution >= 4 is 35.5 Å². The third kappa shape index (κ3) is 15.3. The Morgan fingerprint density at radius 1 is 0.585 bits per heavy atom. The van der Waals surface area contributed by atoms with Crippen molar-refractivity contribution in [3.05, 3.63) is 108 Å². The standard InChI is InChI=1S/C44H56N2O5S2/c1-32(2)28-35-16-20-37(21-17-35)52-41-14-10-8-12-39(41)49-26-24-45(7)30-43(47)51-44(48)31-46(34(5)6)25-27-50-40-13-9-11-15-42(40)53-38-22-18-36(19-23-38)29-33(3)4/h8-23,32-34H,24-31H2,1-7H3. The van der Waals surface area contributed by atoms with Gasteiger partial charge in [-0.05, 0) is 105 Å². The van der Waals surface area contributed by atoms with Crippen LogP contribution in [-0.2, 0) is 27.2 Å². The van der Waals surface area contributed by atoms with E-state index >= 15 is 0 Å². The van der Waals surface area contributed by atoms with Gasteiger partial charge >= 0.3 is 11.9 Å². The van der Waals surface area contributed by atoms with Crippen LogP contribution in [-0.4, -0.2) is 74.2 Å². The number of hydrogen-bond acceptors (Lipinski definition) is 9. The molecular weight excluding hydrogens is 701 g/mol. The summed E-state index contributed by atoms with van der Waals surface area (Å²) in [6.45, 7) is 14.7. The van der Waals surface area contributed by atoms with Crippen LogP contribution >= 0.6 is 23.5 Å². The number of esters is 2. The Hall–Kier alpha value is -3.76. The molecule has 0 heterocycles. The van der Waals surface area contributed by atoms with Crippen LogP contribution in [0, 0.1) is 11.8 Å². The smallest absolute Gasteiger partial charge is 0.327 e. The third-order valence-electron chi connectivity index (χ3n) is 8.34. The molecule has 4 aromatic carbocycles. The van der Waals surface area contributed by atoms with Crippen molar-refractivity contribution in [2.24, 2.45) is 11.8 Å². The van der Waals surface area contributed by atoms with Crippen molar-refractivity contribution in [2.75, 3.05) is 46.4 Å². The Bertz CT molecular complexity index is 1710. The van der Waals surface area contributed by atoms with Crippen molar-refractivity contribution in [1.29, 1.82) is 0 Å². The van der Waals surface area contributed by atoms with E-state index in [1.165, 1.54) is 11.1 Å². The molecule has 53 heavy (non-hydrogen) atoms. The predicted octanol–water partition coefficient (Wildman–Crippen LogP) is 9.56. The zero-order valence-corrected chi connectivity index (χ0v) is 34.0. The first-order valence-corrected chi connectivity index (χ1v) is 20.2. The number of para-hydroxylation sites is 2. The summed E-state index contributed by atoms with van der Waals surface area (Å²) in [6.07, 6.45) is 2.13. The molecule has 0 unspecified atom stereocenters. The van der Waals surface area contributed by atoms with Crippen molar-refractivity contribution in [3.63, 3.8) is 0 Å². The van der Waals surface area contributed by atoms with Crippen LogP contribution in [0.5, 0.6) is 11.5 Å². The zero-order chi connectivity index (χ0) is 38.2. The van der Waals surface area contributed by atoms with E-state index in [4.69, 9.17) is 14.2 Å². The Morgan fingerprint density at radius 2 is 1.02 bits per heavy atom. The number of rotatable bonds is 21. The fraction of sp³-hybridized carbons (Fsp3) is 0.409. The van der Waals surface area contributed by atoms with Crippen molar-refractivity contribution in [2.45, 2.75) is 80.0 Å². The average Bonchev–Trinajstić information content (AvgIpc) is 3.10. The summed E-state index contributed by atoms with van der Waals surface area (Å²) in [6, 6.07) is 33.4. The van der Waals surface area contributed by atoms with E-state index in [-0.39, 0.29) is 19.1 Å². The van der Waals surface area contributed by atoms with Gasteiger partial charge in [0.1, 0.15) is 24.7 Å². The topological polar surface area (TPSA) is 68.3 Å². The summed E-state index contributed by atoms with van der Waals surface area (Å²) in [5.41, 5.74) is 2.68. The lowest BCUT2D eigenvalue weighted by Gasteiger charge is -2.25. The molecular formula is C44H56N2O5S2. The summed E-state index contributed by atoms with van der Waals surface area (Å²) in [5.74, 6) is 1.67. The van der Waals surface area contributed by atoms with Crippen molar-refractivity contribution in [1.82, 2.24) is 9.80 Å². The van der Waals surface area contributed by atoms with Crippen LogP contribution in [0.25, 0.3) is 0 Å². The van der Waals surface area contributed by atoms with E-state index in [1.54, 1.807) is 28.4 Å². The highest BCUT2D eigenvalue weighted by molar-refractivity contribution is 7.99. The van der Waals surface area contributed by atoms with E-state index in [0.717, 1.165) is 43.9 Å². The summed E-state index contributed by atoms with van der Waals surface area (Å²) in [5, 5.41) is 0. The van der Waals surface area contributed by atoms with Gasteiger partial charge in [-0.25, -0.2) is 0 Å². The number of ether oxygens (including phenoxy) is 3. The first kappa shape index (κ1) is 42.0. The number of likely N-dealkylation sites (N-methyl/N-ethyl adjacent to an activating group) is 1. The molecule has 0 aliphatic rings. The van der Waals surface area contributed by atoms with Gasteiger partial charge in [-0.2, -0.15) is 0 Å². The quantitative estimate of drug-likeness (QED) is 0.0611. The van der Waals surface area contributed by atoms with Gasteiger partial charge in [-0.15, -0.1) is 0 Å². The summed E-state index contributed by atoms with van der Waals surface area (Å²) in [4.78, 5) is 33.6. The molecule has 0 radical (unpaired) electrons. The molecule has 0 aliphatic heterocycles. The highest BCUT2D eigenvalue weighted by Crippen LogP contribution is 2.36. The largest absolute Gasteiger partial charge is 0.491 e. The third-order valence-corrected chi connectivity index (χ3v) is 10.5. The lowest BCUT2D eigenvalue weighted by atomic mass is 10.0. The number of carbonyl (C=O) groups excluding carboxylic acids is 2. The van der Waals surface area contributed by atoms with E-state index in [1.807, 2.05) is 68.3 Å². The number of carbonyl (C=O) groups is 2. The molecule has 0 atom stereocenters. The molecule has 0 aliphatic carbocycles. The maximum Gasteiger partial charge on any atom is 0.327 e. The van der Waals surface area contributed by atoms with Gasteiger partial charge in [0, 0.05) is 28.9 Å².